The van der Waals surface area contributed by atoms with Crippen LogP contribution in [0.25, 0.3) is 0 Å². The van der Waals surface area contributed by atoms with Crippen molar-refractivity contribution < 1.29 is 9.90 Å². The molecule has 2 rings (SSSR count). The molecule has 0 radical (unpaired) electrons. The zero-order chi connectivity index (χ0) is 15.3. The van der Waals surface area contributed by atoms with E-state index in [2.05, 4.69) is 30.8 Å². The molecule has 0 saturated heterocycles. The average Bonchev–Trinajstić information content (AvgIpc) is 2.49. The Morgan fingerprint density at radius 3 is 2.52 bits per heavy atom. The Bertz CT molecular complexity index is 489. The standard InChI is InChI=1S/C17H23NO2S/c1-3-16(20)18(12-17(13-19)9-4-10-17)11-14-5-7-15(21-2)8-6-14/h3,5-8,19H,1,4,9-13H2,2H3. The van der Waals surface area contributed by atoms with Crippen LogP contribution >= 0.6 is 11.8 Å². The predicted molar refractivity (Wildman–Crippen MR) is 87.2 cm³/mol. The first-order valence-corrected chi connectivity index (χ1v) is 8.50. The van der Waals surface area contributed by atoms with Gasteiger partial charge < -0.3 is 10.0 Å². The van der Waals surface area contributed by atoms with E-state index in [0.717, 1.165) is 24.8 Å². The van der Waals surface area contributed by atoms with Gasteiger partial charge in [0.25, 0.3) is 0 Å². The normalized spacial score (nSPS) is 16.1. The first-order chi connectivity index (χ1) is 10.1. The van der Waals surface area contributed by atoms with Gasteiger partial charge in [-0.1, -0.05) is 25.1 Å². The maximum absolute atomic E-state index is 12.1. The van der Waals surface area contributed by atoms with Gasteiger partial charge in [-0.15, -0.1) is 11.8 Å². The quantitative estimate of drug-likeness (QED) is 0.621. The van der Waals surface area contributed by atoms with Crippen molar-refractivity contribution in [3.8, 4) is 0 Å². The molecule has 0 atom stereocenters. The molecule has 1 aliphatic rings. The fourth-order valence-corrected chi connectivity index (χ4v) is 3.15. The van der Waals surface area contributed by atoms with E-state index in [1.54, 1.807) is 16.7 Å². The molecule has 0 aliphatic heterocycles. The van der Waals surface area contributed by atoms with Crippen LogP contribution in [0.5, 0.6) is 0 Å². The van der Waals surface area contributed by atoms with Gasteiger partial charge >= 0.3 is 0 Å². The van der Waals surface area contributed by atoms with E-state index >= 15 is 0 Å². The molecule has 0 spiro atoms. The van der Waals surface area contributed by atoms with Crippen LogP contribution in [0.1, 0.15) is 24.8 Å². The van der Waals surface area contributed by atoms with E-state index in [9.17, 15) is 9.90 Å². The molecule has 1 fully saturated rings. The number of thioether (sulfide) groups is 1. The van der Waals surface area contributed by atoms with Gasteiger partial charge in [-0.2, -0.15) is 0 Å². The zero-order valence-electron chi connectivity index (χ0n) is 12.5. The van der Waals surface area contributed by atoms with Crippen molar-refractivity contribution in [2.24, 2.45) is 5.41 Å². The average molecular weight is 305 g/mol. The van der Waals surface area contributed by atoms with Gasteiger partial charge in [-0.3, -0.25) is 4.79 Å². The predicted octanol–water partition coefficient (Wildman–Crippen LogP) is 3.09. The number of aliphatic hydroxyl groups is 1. The van der Waals surface area contributed by atoms with Crippen LogP contribution in [0.15, 0.2) is 41.8 Å². The van der Waals surface area contributed by atoms with E-state index in [0.29, 0.717) is 13.1 Å². The van der Waals surface area contributed by atoms with Crippen LogP contribution in [-0.4, -0.2) is 35.3 Å². The Hall–Kier alpha value is -1.26. The maximum Gasteiger partial charge on any atom is 0.246 e. The minimum absolute atomic E-state index is 0.0660. The number of rotatable bonds is 7. The highest BCUT2D eigenvalue weighted by Crippen LogP contribution is 2.41. The molecule has 0 heterocycles. The number of carbonyl (C=O) groups excluding carboxylic acids is 1. The lowest BCUT2D eigenvalue weighted by atomic mass is 9.69. The fraction of sp³-hybridized carbons (Fsp3) is 0.471. The molecule has 1 amide bonds. The molecule has 21 heavy (non-hydrogen) atoms. The molecule has 0 aromatic heterocycles. The van der Waals surface area contributed by atoms with Crippen LogP contribution in [0.3, 0.4) is 0 Å². The van der Waals surface area contributed by atoms with Crippen LogP contribution in [0, 0.1) is 5.41 Å². The summed E-state index contributed by atoms with van der Waals surface area (Å²) in [5.41, 5.74) is 1.01. The highest BCUT2D eigenvalue weighted by molar-refractivity contribution is 7.98. The largest absolute Gasteiger partial charge is 0.396 e. The number of benzene rings is 1. The van der Waals surface area contributed by atoms with E-state index < -0.39 is 0 Å². The Labute approximate surface area is 131 Å². The molecule has 1 saturated carbocycles. The van der Waals surface area contributed by atoms with E-state index in [1.807, 2.05) is 6.26 Å². The molecule has 1 aromatic rings. The Balaban J connectivity index is 2.08. The second kappa shape index (κ2) is 7.14. The molecule has 3 nitrogen and oxygen atoms in total. The summed E-state index contributed by atoms with van der Waals surface area (Å²) in [5, 5.41) is 9.61. The summed E-state index contributed by atoms with van der Waals surface area (Å²) in [5.74, 6) is -0.0660. The Morgan fingerprint density at radius 2 is 2.10 bits per heavy atom. The number of nitrogens with zero attached hydrogens (tertiary/aromatic N) is 1. The highest BCUT2D eigenvalue weighted by atomic mass is 32.2. The van der Waals surface area contributed by atoms with Crippen LogP contribution in [-0.2, 0) is 11.3 Å². The summed E-state index contributed by atoms with van der Waals surface area (Å²) in [6, 6.07) is 8.26. The fourth-order valence-electron chi connectivity index (χ4n) is 2.74. The lowest BCUT2D eigenvalue weighted by molar-refractivity contribution is -0.130. The van der Waals surface area contributed by atoms with Crippen LogP contribution in [0.2, 0.25) is 0 Å². The lowest BCUT2D eigenvalue weighted by Crippen LogP contribution is -2.46. The summed E-state index contributed by atoms with van der Waals surface area (Å²) in [6.07, 6.45) is 6.54. The second-order valence-electron chi connectivity index (χ2n) is 5.76. The molecular weight excluding hydrogens is 282 g/mol. The summed E-state index contributed by atoms with van der Waals surface area (Å²) in [7, 11) is 0. The third-order valence-corrected chi connectivity index (χ3v) is 5.04. The summed E-state index contributed by atoms with van der Waals surface area (Å²) < 4.78 is 0. The van der Waals surface area contributed by atoms with Gasteiger partial charge in [-0.05, 0) is 42.9 Å². The first kappa shape index (κ1) is 16.1. The highest BCUT2D eigenvalue weighted by Gasteiger charge is 2.38. The monoisotopic (exact) mass is 305 g/mol. The Kier molecular flexibility index (Phi) is 5.48. The van der Waals surface area contributed by atoms with Gasteiger partial charge in [0.1, 0.15) is 0 Å². The Morgan fingerprint density at radius 1 is 1.43 bits per heavy atom. The SMILES string of the molecule is C=CC(=O)N(Cc1ccc(SC)cc1)CC1(CO)CCC1. The number of hydrogen-bond donors (Lipinski definition) is 1. The summed E-state index contributed by atoms with van der Waals surface area (Å²) in [6.45, 7) is 4.93. The zero-order valence-corrected chi connectivity index (χ0v) is 13.4. The summed E-state index contributed by atoms with van der Waals surface area (Å²) in [4.78, 5) is 15.1. The number of aliphatic hydroxyl groups excluding tert-OH is 1. The molecule has 4 heteroatoms. The summed E-state index contributed by atoms with van der Waals surface area (Å²) >= 11 is 1.70. The maximum atomic E-state index is 12.1. The molecule has 1 aromatic carbocycles. The van der Waals surface area contributed by atoms with Crippen molar-refractivity contribution in [2.45, 2.75) is 30.7 Å². The van der Waals surface area contributed by atoms with Crippen molar-refractivity contribution >= 4 is 17.7 Å². The van der Waals surface area contributed by atoms with Crippen LogP contribution in [0.4, 0.5) is 0 Å². The van der Waals surface area contributed by atoms with Gasteiger partial charge in [-0.25, -0.2) is 0 Å². The minimum Gasteiger partial charge on any atom is -0.396 e. The van der Waals surface area contributed by atoms with Crippen LogP contribution < -0.4 is 0 Å². The third kappa shape index (κ3) is 3.89. The molecule has 1 aliphatic carbocycles. The second-order valence-corrected chi connectivity index (χ2v) is 6.64. The lowest BCUT2D eigenvalue weighted by Gasteiger charge is -2.43. The topological polar surface area (TPSA) is 40.5 Å². The van der Waals surface area contributed by atoms with E-state index in [1.165, 1.54) is 11.0 Å². The van der Waals surface area contributed by atoms with Gasteiger partial charge in [0.15, 0.2) is 0 Å². The first-order valence-electron chi connectivity index (χ1n) is 7.27. The van der Waals surface area contributed by atoms with Crippen molar-refractivity contribution in [1.29, 1.82) is 0 Å². The molecule has 1 N–H and O–H groups in total. The number of hydrogen-bond acceptors (Lipinski definition) is 3. The van der Waals surface area contributed by atoms with Crippen molar-refractivity contribution in [2.75, 3.05) is 19.4 Å². The number of carbonyl (C=O) groups is 1. The minimum atomic E-state index is -0.0993. The molecular formula is C17H23NO2S. The van der Waals surface area contributed by atoms with Crippen molar-refractivity contribution in [1.82, 2.24) is 4.90 Å². The smallest absolute Gasteiger partial charge is 0.246 e. The van der Waals surface area contributed by atoms with Gasteiger partial charge in [0.2, 0.25) is 5.91 Å². The van der Waals surface area contributed by atoms with Crippen molar-refractivity contribution in [3.05, 3.63) is 42.5 Å². The third-order valence-electron chi connectivity index (χ3n) is 4.29. The van der Waals surface area contributed by atoms with E-state index in [4.69, 9.17) is 0 Å². The molecule has 0 bridgehead atoms. The van der Waals surface area contributed by atoms with Gasteiger partial charge in [0, 0.05) is 23.4 Å². The number of amides is 1. The van der Waals surface area contributed by atoms with Crippen molar-refractivity contribution in [3.63, 3.8) is 0 Å². The van der Waals surface area contributed by atoms with Gasteiger partial charge in [0.05, 0.1) is 6.61 Å². The molecule has 0 unspecified atom stereocenters. The molecule has 114 valence electrons. The van der Waals surface area contributed by atoms with E-state index in [-0.39, 0.29) is 17.9 Å².